The number of nitrogens with two attached hydrogens (primary N) is 1. The molecule has 1 aromatic rings. The topological polar surface area (TPSA) is 52.3 Å². The average molecular weight is 260 g/mol. The van der Waals surface area contributed by atoms with Crippen LogP contribution in [0.3, 0.4) is 0 Å². The highest BCUT2D eigenvalue weighted by atomic mass is 35.5. The molecule has 2 N–H and O–H groups in total. The van der Waals surface area contributed by atoms with Gasteiger partial charge in [-0.15, -0.1) is 0 Å². The Morgan fingerprint density at radius 1 is 1.56 bits per heavy atom. The van der Waals surface area contributed by atoms with Gasteiger partial charge in [0.15, 0.2) is 0 Å². The molecule has 88 valence electrons. The fourth-order valence-electron chi connectivity index (χ4n) is 1.13. The van der Waals surface area contributed by atoms with E-state index in [0.29, 0.717) is 5.75 Å². The summed E-state index contributed by atoms with van der Waals surface area (Å²) >= 11 is 7.56. The molecule has 0 fully saturated rings. The summed E-state index contributed by atoms with van der Waals surface area (Å²) in [4.78, 5) is 11.0. The smallest absolute Gasteiger partial charge is 0.323 e. The van der Waals surface area contributed by atoms with Crippen molar-refractivity contribution in [1.82, 2.24) is 0 Å². The van der Waals surface area contributed by atoms with Gasteiger partial charge in [0.05, 0.1) is 7.11 Å². The first-order valence-electron chi connectivity index (χ1n) is 4.79. The largest absolute Gasteiger partial charge is 0.468 e. The molecular weight excluding hydrogens is 246 g/mol. The number of carbonyl (C=O) groups is 1. The van der Waals surface area contributed by atoms with Crippen LogP contribution < -0.4 is 5.73 Å². The van der Waals surface area contributed by atoms with Gasteiger partial charge in [0.2, 0.25) is 0 Å². The zero-order chi connectivity index (χ0) is 12.0. The number of ether oxygens (including phenoxy) is 1. The number of methoxy groups -OCH3 is 1. The van der Waals surface area contributed by atoms with E-state index in [0.717, 1.165) is 16.3 Å². The molecule has 5 heteroatoms. The lowest BCUT2D eigenvalue weighted by Gasteiger charge is -2.09. The van der Waals surface area contributed by atoms with Crippen LogP contribution in [0.15, 0.2) is 24.3 Å². The second kappa shape index (κ2) is 6.78. The number of benzene rings is 1. The number of hydrogen-bond acceptors (Lipinski definition) is 4. The highest BCUT2D eigenvalue weighted by Gasteiger charge is 2.13. The molecule has 0 saturated heterocycles. The number of carbonyl (C=O) groups excluding carboxylic acids is 1. The van der Waals surface area contributed by atoms with Crippen molar-refractivity contribution >= 4 is 29.3 Å². The molecule has 3 nitrogen and oxygen atoms in total. The predicted octanol–water partition coefficient (Wildman–Crippen LogP) is 2.07. The maximum Gasteiger partial charge on any atom is 0.323 e. The van der Waals surface area contributed by atoms with Gasteiger partial charge >= 0.3 is 5.97 Å². The van der Waals surface area contributed by atoms with Crippen molar-refractivity contribution in [2.24, 2.45) is 5.73 Å². The van der Waals surface area contributed by atoms with Crippen molar-refractivity contribution in [3.63, 3.8) is 0 Å². The molecule has 1 aromatic carbocycles. The molecule has 0 aromatic heterocycles. The minimum absolute atomic E-state index is 0.383. The SMILES string of the molecule is COC(=O)C(N)CSCc1ccccc1Cl. The molecule has 1 rings (SSSR count). The Hall–Kier alpha value is -0.710. The van der Waals surface area contributed by atoms with Gasteiger partial charge < -0.3 is 10.5 Å². The summed E-state index contributed by atoms with van der Waals surface area (Å²) in [6.45, 7) is 0. The molecule has 1 atom stereocenters. The van der Waals surface area contributed by atoms with Gasteiger partial charge in [-0.2, -0.15) is 11.8 Å². The zero-order valence-electron chi connectivity index (χ0n) is 8.98. The monoisotopic (exact) mass is 259 g/mol. The van der Waals surface area contributed by atoms with E-state index in [2.05, 4.69) is 4.74 Å². The number of rotatable bonds is 5. The first-order valence-corrected chi connectivity index (χ1v) is 6.33. The number of thioether (sulfide) groups is 1. The Balaban J connectivity index is 2.36. The van der Waals surface area contributed by atoms with E-state index in [1.54, 1.807) is 11.8 Å². The third-order valence-electron chi connectivity index (χ3n) is 2.02. The van der Waals surface area contributed by atoms with E-state index in [-0.39, 0.29) is 5.97 Å². The van der Waals surface area contributed by atoms with Crippen LogP contribution in [0, 0.1) is 0 Å². The summed E-state index contributed by atoms with van der Waals surface area (Å²) in [5.41, 5.74) is 6.65. The van der Waals surface area contributed by atoms with Gasteiger partial charge in [-0.25, -0.2) is 0 Å². The van der Waals surface area contributed by atoms with Crippen molar-refractivity contribution in [3.05, 3.63) is 34.9 Å². The summed E-state index contributed by atoms with van der Waals surface area (Å²) in [6.07, 6.45) is 0. The van der Waals surface area contributed by atoms with E-state index >= 15 is 0 Å². The van der Waals surface area contributed by atoms with Crippen molar-refractivity contribution in [2.75, 3.05) is 12.9 Å². The first kappa shape index (κ1) is 13.4. The van der Waals surface area contributed by atoms with Gasteiger partial charge in [-0.05, 0) is 11.6 Å². The maximum absolute atomic E-state index is 11.0. The third-order valence-corrected chi connectivity index (χ3v) is 3.50. The Labute approximate surface area is 104 Å². The van der Waals surface area contributed by atoms with Crippen molar-refractivity contribution < 1.29 is 9.53 Å². The summed E-state index contributed by atoms with van der Waals surface area (Å²) < 4.78 is 4.54. The molecule has 0 bridgehead atoms. The van der Waals surface area contributed by atoms with Gasteiger partial charge in [0.25, 0.3) is 0 Å². The lowest BCUT2D eigenvalue weighted by molar-refractivity contribution is -0.141. The van der Waals surface area contributed by atoms with Crippen LogP contribution >= 0.6 is 23.4 Å². The highest BCUT2D eigenvalue weighted by molar-refractivity contribution is 7.98. The first-order chi connectivity index (χ1) is 7.65. The summed E-state index contributed by atoms with van der Waals surface area (Å²) in [7, 11) is 1.33. The third kappa shape index (κ3) is 4.04. The van der Waals surface area contributed by atoms with E-state index < -0.39 is 6.04 Å². The zero-order valence-corrected chi connectivity index (χ0v) is 10.6. The molecule has 16 heavy (non-hydrogen) atoms. The standard InChI is InChI=1S/C11H14ClNO2S/c1-15-11(14)10(13)7-16-6-8-4-2-3-5-9(8)12/h2-5,10H,6-7,13H2,1H3. The lowest BCUT2D eigenvalue weighted by Crippen LogP contribution is -2.33. The Morgan fingerprint density at radius 2 is 2.25 bits per heavy atom. The van der Waals surface area contributed by atoms with E-state index in [9.17, 15) is 4.79 Å². The van der Waals surface area contributed by atoms with Gasteiger partial charge in [0, 0.05) is 16.5 Å². The van der Waals surface area contributed by atoms with E-state index in [4.69, 9.17) is 17.3 Å². The number of halogens is 1. The molecule has 1 unspecified atom stereocenters. The molecule has 0 radical (unpaired) electrons. The van der Waals surface area contributed by atoms with E-state index in [1.807, 2.05) is 24.3 Å². The fourth-order valence-corrected chi connectivity index (χ4v) is 2.39. The molecule has 0 amide bonds. The second-order valence-corrected chi connectivity index (χ2v) is 4.67. The Morgan fingerprint density at radius 3 is 2.88 bits per heavy atom. The van der Waals surface area contributed by atoms with Crippen LogP contribution in [0.5, 0.6) is 0 Å². The molecule has 0 spiro atoms. The minimum atomic E-state index is -0.572. The van der Waals surface area contributed by atoms with Crippen LogP contribution in [0.1, 0.15) is 5.56 Å². The van der Waals surface area contributed by atoms with Crippen LogP contribution in [-0.2, 0) is 15.3 Å². The van der Waals surface area contributed by atoms with Crippen LogP contribution in [0.2, 0.25) is 5.02 Å². The minimum Gasteiger partial charge on any atom is -0.468 e. The van der Waals surface area contributed by atoms with Crippen molar-refractivity contribution in [2.45, 2.75) is 11.8 Å². The van der Waals surface area contributed by atoms with Gasteiger partial charge in [-0.3, -0.25) is 4.79 Å². The van der Waals surface area contributed by atoms with Gasteiger partial charge in [0.1, 0.15) is 6.04 Å². The fraction of sp³-hybridized carbons (Fsp3) is 0.364. The molecule has 0 heterocycles. The predicted molar refractivity (Wildman–Crippen MR) is 67.6 cm³/mol. The highest BCUT2D eigenvalue weighted by Crippen LogP contribution is 2.20. The Kier molecular flexibility index (Phi) is 5.66. The molecule has 0 aliphatic heterocycles. The normalized spacial score (nSPS) is 12.2. The quantitative estimate of drug-likeness (QED) is 0.823. The average Bonchev–Trinajstić information content (AvgIpc) is 2.30. The van der Waals surface area contributed by atoms with Crippen LogP contribution in [0.4, 0.5) is 0 Å². The maximum atomic E-state index is 11.0. The van der Waals surface area contributed by atoms with Crippen LogP contribution in [-0.4, -0.2) is 24.9 Å². The van der Waals surface area contributed by atoms with Crippen LogP contribution in [0.25, 0.3) is 0 Å². The van der Waals surface area contributed by atoms with Crippen molar-refractivity contribution in [1.29, 1.82) is 0 Å². The summed E-state index contributed by atoms with van der Waals surface area (Å²) in [5.74, 6) is 0.883. The number of hydrogen-bond donors (Lipinski definition) is 1. The van der Waals surface area contributed by atoms with E-state index in [1.165, 1.54) is 7.11 Å². The molecule has 0 aliphatic carbocycles. The number of esters is 1. The van der Waals surface area contributed by atoms with Gasteiger partial charge in [-0.1, -0.05) is 29.8 Å². The van der Waals surface area contributed by atoms with Crippen molar-refractivity contribution in [3.8, 4) is 0 Å². The lowest BCUT2D eigenvalue weighted by atomic mass is 10.2. The second-order valence-electron chi connectivity index (χ2n) is 3.24. The summed E-state index contributed by atoms with van der Waals surface area (Å²) in [5, 5.41) is 0.738. The Bertz CT molecular complexity index is 360. The molecule has 0 aliphatic rings. The summed E-state index contributed by atoms with van der Waals surface area (Å²) in [6, 6.07) is 7.05. The molecule has 0 saturated carbocycles. The molecular formula is C11H14ClNO2S.